The number of benzene rings is 1. The molecular weight excluding hydrogens is 328 g/mol. The lowest BCUT2D eigenvalue weighted by Gasteiger charge is -2.04. The minimum atomic E-state index is -0.471. The van der Waals surface area contributed by atoms with Gasteiger partial charge in [0, 0.05) is 5.69 Å². The van der Waals surface area contributed by atoms with Crippen molar-refractivity contribution < 1.29 is 18.8 Å². The molecule has 7 heteroatoms. The molecule has 2 N–H and O–H groups in total. The SMILES string of the molecule is O=C(Nc1ccc2c(c1)C(=O)NC2=O)c1ccc(Br)o1. The van der Waals surface area contributed by atoms with E-state index in [0.29, 0.717) is 15.9 Å². The van der Waals surface area contributed by atoms with Crippen LogP contribution in [0.2, 0.25) is 0 Å². The van der Waals surface area contributed by atoms with Crippen LogP contribution in [0, 0.1) is 0 Å². The largest absolute Gasteiger partial charge is 0.444 e. The average Bonchev–Trinajstić information content (AvgIpc) is 2.95. The summed E-state index contributed by atoms with van der Waals surface area (Å²) in [6.07, 6.45) is 0. The Labute approximate surface area is 121 Å². The van der Waals surface area contributed by atoms with Gasteiger partial charge in [0.25, 0.3) is 17.7 Å². The summed E-state index contributed by atoms with van der Waals surface area (Å²) in [5, 5.41) is 4.77. The van der Waals surface area contributed by atoms with Gasteiger partial charge in [-0.1, -0.05) is 0 Å². The number of halogens is 1. The van der Waals surface area contributed by atoms with Gasteiger partial charge in [-0.3, -0.25) is 19.7 Å². The van der Waals surface area contributed by atoms with E-state index in [1.165, 1.54) is 18.2 Å². The molecule has 2 aromatic rings. The van der Waals surface area contributed by atoms with Crippen molar-refractivity contribution in [3.8, 4) is 0 Å². The van der Waals surface area contributed by atoms with Crippen LogP contribution in [-0.4, -0.2) is 17.7 Å². The first-order valence-electron chi connectivity index (χ1n) is 5.61. The molecule has 0 bridgehead atoms. The van der Waals surface area contributed by atoms with Gasteiger partial charge in [0.15, 0.2) is 10.4 Å². The molecule has 3 rings (SSSR count). The molecule has 1 aromatic heterocycles. The van der Waals surface area contributed by atoms with Crippen LogP contribution in [0.1, 0.15) is 31.3 Å². The quantitative estimate of drug-likeness (QED) is 0.824. The van der Waals surface area contributed by atoms with Gasteiger partial charge in [-0.25, -0.2) is 0 Å². The van der Waals surface area contributed by atoms with Gasteiger partial charge in [-0.05, 0) is 46.3 Å². The highest BCUT2D eigenvalue weighted by atomic mass is 79.9. The second kappa shape index (κ2) is 4.61. The Hall–Kier alpha value is -2.41. The molecule has 1 aliphatic heterocycles. The summed E-state index contributed by atoms with van der Waals surface area (Å²) in [6, 6.07) is 7.61. The van der Waals surface area contributed by atoms with Crippen molar-refractivity contribution in [3.05, 3.63) is 51.9 Å². The number of nitrogens with one attached hydrogen (secondary N) is 2. The minimum absolute atomic E-state index is 0.137. The summed E-state index contributed by atoms with van der Waals surface area (Å²) in [5.74, 6) is -1.21. The molecule has 100 valence electrons. The van der Waals surface area contributed by atoms with Crippen molar-refractivity contribution in [1.29, 1.82) is 0 Å². The maximum absolute atomic E-state index is 11.9. The van der Waals surface area contributed by atoms with E-state index in [1.54, 1.807) is 12.1 Å². The molecule has 1 aromatic carbocycles. The number of carbonyl (C=O) groups excluding carboxylic acids is 3. The number of amides is 3. The summed E-state index contributed by atoms with van der Waals surface area (Å²) in [4.78, 5) is 34.8. The highest BCUT2D eigenvalue weighted by Gasteiger charge is 2.26. The summed E-state index contributed by atoms with van der Waals surface area (Å²) in [7, 11) is 0. The fraction of sp³-hybridized carbons (Fsp3) is 0. The van der Waals surface area contributed by atoms with Gasteiger partial charge in [0.2, 0.25) is 0 Å². The summed E-state index contributed by atoms with van der Waals surface area (Å²) < 4.78 is 5.57. The summed E-state index contributed by atoms with van der Waals surface area (Å²) >= 11 is 3.10. The van der Waals surface area contributed by atoms with E-state index in [4.69, 9.17) is 4.42 Å². The molecule has 20 heavy (non-hydrogen) atoms. The molecule has 2 heterocycles. The highest BCUT2D eigenvalue weighted by Crippen LogP contribution is 2.21. The van der Waals surface area contributed by atoms with Crippen molar-refractivity contribution in [2.75, 3.05) is 5.32 Å². The number of furan rings is 1. The molecule has 0 aliphatic carbocycles. The maximum atomic E-state index is 11.9. The molecule has 3 amide bonds. The Morgan fingerprint density at radius 3 is 2.55 bits per heavy atom. The van der Waals surface area contributed by atoms with Gasteiger partial charge in [0.1, 0.15) is 0 Å². The van der Waals surface area contributed by atoms with Crippen molar-refractivity contribution in [2.24, 2.45) is 0 Å². The van der Waals surface area contributed by atoms with E-state index in [9.17, 15) is 14.4 Å². The Morgan fingerprint density at radius 2 is 1.85 bits per heavy atom. The zero-order valence-electron chi connectivity index (χ0n) is 9.90. The third-order valence-electron chi connectivity index (χ3n) is 2.79. The van der Waals surface area contributed by atoms with Crippen molar-refractivity contribution in [1.82, 2.24) is 5.32 Å². The second-order valence-electron chi connectivity index (χ2n) is 4.10. The average molecular weight is 335 g/mol. The van der Waals surface area contributed by atoms with E-state index >= 15 is 0 Å². The molecule has 0 saturated heterocycles. The predicted molar refractivity (Wildman–Crippen MR) is 72.6 cm³/mol. The Bertz CT molecular complexity index is 751. The normalized spacial score (nSPS) is 13.1. The number of anilines is 1. The molecule has 0 saturated carbocycles. The van der Waals surface area contributed by atoms with E-state index in [1.807, 2.05) is 0 Å². The van der Waals surface area contributed by atoms with Crippen molar-refractivity contribution >= 4 is 39.3 Å². The topological polar surface area (TPSA) is 88.4 Å². The fourth-order valence-corrected chi connectivity index (χ4v) is 2.18. The fourth-order valence-electron chi connectivity index (χ4n) is 1.87. The lowest BCUT2D eigenvalue weighted by molar-refractivity contribution is 0.0878. The van der Waals surface area contributed by atoms with Gasteiger partial charge >= 0.3 is 0 Å². The van der Waals surface area contributed by atoms with Crippen LogP contribution in [0.25, 0.3) is 0 Å². The van der Waals surface area contributed by atoms with Crippen LogP contribution in [0.4, 0.5) is 5.69 Å². The molecule has 0 radical (unpaired) electrons. The first kappa shape index (κ1) is 12.6. The Morgan fingerprint density at radius 1 is 1.10 bits per heavy atom. The van der Waals surface area contributed by atoms with Crippen LogP contribution in [0.5, 0.6) is 0 Å². The third-order valence-corrected chi connectivity index (χ3v) is 3.22. The van der Waals surface area contributed by atoms with Crippen molar-refractivity contribution in [2.45, 2.75) is 0 Å². The van der Waals surface area contributed by atoms with E-state index in [0.717, 1.165) is 0 Å². The first-order valence-corrected chi connectivity index (χ1v) is 6.40. The summed E-state index contributed by atoms with van der Waals surface area (Å²) in [6.45, 7) is 0. The molecule has 6 nitrogen and oxygen atoms in total. The molecular formula is C13H7BrN2O4. The monoisotopic (exact) mass is 334 g/mol. The smallest absolute Gasteiger partial charge is 0.291 e. The number of rotatable bonds is 2. The molecule has 1 aliphatic rings. The molecule has 0 fully saturated rings. The van der Waals surface area contributed by atoms with Gasteiger partial charge in [-0.2, -0.15) is 0 Å². The van der Waals surface area contributed by atoms with E-state index in [-0.39, 0.29) is 11.3 Å². The zero-order chi connectivity index (χ0) is 14.3. The number of carbonyl (C=O) groups is 3. The van der Waals surface area contributed by atoms with Crippen LogP contribution < -0.4 is 10.6 Å². The van der Waals surface area contributed by atoms with Crippen molar-refractivity contribution in [3.63, 3.8) is 0 Å². The number of fused-ring (bicyclic) bond motifs is 1. The van der Waals surface area contributed by atoms with Crippen LogP contribution in [0.3, 0.4) is 0 Å². The zero-order valence-corrected chi connectivity index (χ0v) is 11.5. The van der Waals surface area contributed by atoms with Crippen LogP contribution in [-0.2, 0) is 0 Å². The number of hydrogen-bond donors (Lipinski definition) is 2. The predicted octanol–water partition coefficient (Wildman–Crippen LogP) is 2.18. The third kappa shape index (κ3) is 2.12. The summed E-state index contributed by atoms with van der Waals surface area (Å²) in [5.41, 5.74) is 0.952. The van der Waals surface area contributed by atoms with E-state index < -0.39 is 17.7 Å². The van der Waals surface area contributed by atoms with Crippen LogP contribution >= 0.6 is 15.9 Å². The van der Waals surface area contributed by atoms with Crippen LogP contribution in [0.15, 0.2) is 39.4 Å². The minimum Gasteiger partial charge on any atom is -0.444 e. The van der Waals surface area contributed by atoms with E-state index in [2.05, 4.69) is 26.6 Å². The van der Waals surface area contributed by atoms with Gasteiger partial charge in [0.05, 0.1) is 11.1 Å². The number of imide groups is 1. The highest BCUT2D eigenvalue weighted by molar-refractivity contribution is 9.10. The second-order valence-corrected chi connectivity index (χ2v) is 4.88. The van der Waals surface area contributed by atoms with Gasteiger partial charge < -0.3 is 9.73 Å². The maximum Gasteiger partial charge on any atom is 0.291 e. The Kier molecular flexibility index (Phi) is 2.90. The molecule has 0 unspecified atom stereocenters. The Balaban J connectivity index is 1.86. The lowest BCUT2D eigenvalue weighted by atomic mass is 10.1. The lowest BCUT2D eigenvalue weighted by Crippen LogP contribution is -2.19. The number of hydrogen-bond acceptors (Lipinski definition) is 4. The van der Waals surface area contributed by atoms with Gasteiger partial charge in [-0.15, -0.1) is 0 Å². The first-order chi connectivity index (χ1) is 9.54. The molecule has 0 spiro atoms. The molecule has 0 atom stereocenters. The standard InChI is InChI=1S/C13H7BrN2O4/c14-10-4-3-9(20-10)13(19)15-6-1-2-7-8(5-6)12(18)16-11(7)17/h1-5H,(H,15,19)(H,16,17,18).